The van der Waals surface area contributed by atoms with E-state index in [1.54, 1.807) is 18.3 Å². The number of aromatic nitrogens is 2. The maximum absolute atomic E-state index is 11.5. The van der Waals surface area contributed by atoms with Gasteiger partial charge in [0.05, 0.1) is 4.60 Å². The lowest BCUT2D eigenvalue weighted by atomic mass is 10.2. The van der Waals surface area contributed by atoms with Gasteiger partial charge >= 0.3 is 6.09 Å². The lowest BCUT2D eigenvalue weighted by Gasteiger charge is -2.19. The van der Waals surface area contributed by atoms with Crippen molar-refractivity contribution >= 4 is 22.0 Å². The van der Waals surface area contributed by atoms with Gasteiger partial charge in [-0.3, -0.25) is 0 Å². The van der Waals surface area contributed by atoms with Gasteiger partial charge < -0.3 is 9.72 Å². The highest BCUT2D eigenvalue weighted by Gasteiger charge is 2.18. The molecule has 0 unspecified atom stereocenters. The summed E-state index contributed by atoms with van der Waals surface area (Å²) in [5.74, 6) is 0. The fourth-order valence-corrected chi connectivity index (χ4v) is 1.51. The standard InChI is InChI=1S/C9H12BrNO2.C4H5N/c1-9(2,3)13-8(12)11-6-4-5-7(11)10;1-2-4-5-3-1/h4-6H,1-3H3;1-5H. The van der Waals surface area contributed by atoms with Crippen LogP contribution in [0.3, 0.4) is 0 Å². The smallest absolute Gasteiger partial charge is 0.419 e. The van der Waals surface area contributed by atoms with Crippen molar-refractivity contribution < 1.29 is 9.53 Å². The zero-order valence-electron chi connectivity index (χ0n) is 10.7. The van der Waals surface area contributed by atoms with E-state index < -0.39 is 5.60 Å². The van der Waals surface area contributed by atoms with E-state index in [1.807, 2.05) is 45.3 Å². The fraction of sp³-hybridized carbons (Fsp3) is 0.308. The monoisotopic (exact) mass is 312 g/mol. The number of carbonyl (C=O) groups is 1. The topological polar surface area (TPSA) is 47.0 Å². The molecule has 0 fully saturated rings. The Morgan fingerprint density at radius 1 is 1.28 bits per heavy atom. The Kier molecular flexibility index (Phi) is 5.22. The molecule has 2 aromatic rings. The Hall–Kier alpha value is -1.49. The van der Waals surface area contributed by atoms with Gasteiger partial charge in [-0.05, 0) is 61.0 Å². The average molecular weight is 313 g/mol. The van der Waals surface area contributed by atoms with Crippen molar-refractivity contribution in [2.45, 2.75) is 26.4 Å². The van der Waals surface area contributed by atoms with E-state index in [9.17, 15) is 4.79 Å². The molecule has 0 aliphatic heterocycles. The van der Waals surface area contributed by atoms with Crippen molar-refractivity contribution in [1.29, 1.82) is 0 Å². The molecule has 0 spiro atoms. The quantitative estimate of drug-likeness (QED) is 0.797. The first-order valence-corrected chi connectivity index (χ1v) is 6.33. The molecule has 0 aliphatic carbocycles. The summed E-state index contributed by atoms with van der Waals surface area (Å²) in [6.07, 6.45) is 5.03. The number of H-pyrrole nitrogens is 1. The molecule has 0 saturated carbocycles. The minimum atomic E-state index is -0.458. The minimum absolute atomic E-state index is 0.371. The summed E-state index contributed by atoms with van der Waals surface area (Å²) in [5, 5.41) is 0. The van der Waals surface area contributed by atoms with Crippen molar-refractivity contribution in [3.05, 3.63) is 47.5 Å². The highest BCUT2D eigenvalue weighted by molar-refractivity contribution is 9.10. The van der Waals surface area contributed by atoms with Crippen LogP contribution in [-0.4, -0.2) is 21.2 Å². The summed E-state index contributed by atoms with van der Waals surface area (Å²) >= 11 is 3.24. The maximum Gasteiger partial charge on any atom is 0.419 e. The van der Waals surface area contributed by atoms with Gasteiger partial charge in [0.15, 0.2) is 0 Å². The molecule has 1 N–H and O–H groups in total. The molecule has 0 aliphatic rings. The molecule has 0 atom stereocenters. The molecule has 0 bridgehead atoms. The van der Waals surface area contributed by atoms with Crippen molar-refractivity contribution in [3.63, 3.8) is 0 Å². The molecule has 5 heteroatoms. The van der Waals surface area contributed by atoms with Gasteiger partial charge in [0, 0.05) is 18.6 Å². The number of aromatic amines is 1. The third kappa shape index (κ3) is 5.23. The van der Waals surface area contributed by atoms with Crippen molar-refractivity contribution in [1.82, 2.24) is 9.55 Å². The van der Waals surface area contributed by atoms with Crippen LogP contribution in [0.25, 0.3) is 0 Å². The van der Waals surface area contributed by atoms with Crippen molar-refractivity contribution in [3.8, 4) is 0 Å². The van der Waals surface area contributed by atoms with E-state index >= 15 is 0 Å². The summed E-state index contributed by atoms with van der Waals surface area (Å²) in [4.78, 5) is 14.3. The highest BCUT2D eigenvalue weighted by atomic mass is 79.9. The highest BCUT2D eigenvalue weighted by Crippen LogP contribution is 2.14. The van der Waals surface area contributed by atoms with E-state index in [4.69, 9.17) is 4.74 Å². The van der Waals surface area contributed by atoms with E-state index in [2.05, 4.69) is 20.9 Å². The van der Waals surface area contributed by atoms with E-state index in [0.717, 1.165) is 0 Å². The van der Waals surface area contributed by atoms with Crippen LogP contribution in [-0.2, 0) is 4.74 Å². The van der Waals surface area contributed by atoms with Crippen LogP contribution in [0.4, 0.5) is 4.79 Å². The molecule has 18 heavy (non-hydrogen) atoms. The number of hydrogen-bond acceptors (Lipinski definition) is 2. The Morgan fingerprint density at radius 3 is 2.22 bits per heavy atom. The predicted molar refractivity (Wildman–Crippen MR) is 74.6 cm³/mol. The number of ether oxygens (including phenoxy) is 1. The molecule has 0 saturated heterocycles. The number of carbonyl (C=O) groups excluding carboxylic acids is 1. The lowest BCUT2D eigenvalue weighted by molar-refractivity contribution is 0.0534. The molecule has 98 valence electrons. The molecule has 0 aromatic carbocycles. The van der Waals surface area contributed by atoms with Crippen LogP contribution in [0.15, 0.2) is 47.5 Å². The second-order valence-corrected chi connectivity index (χ2v) is 5.38. The Bertz CT molecular complexity index is 452. The molecule has 2 aromatic heterocycles. The van der Waals surface area contributed by atoms with Crippen LogP contribution >= 0.6 is 15.9 Å². The fourth-order valence-electron chi connectivity index (χ4n) is 1.10. The van der Waals surface area contributed by atoms with E-state index in [1.165, 1.54) is 4.57 Å². The maximum atomic E-state index is 11.5. The Balaban J connectivity index is 0.000000269. The Labute approximate surface area is 115 Å². The molecule has 0 amide bonds. The van der Waals surface area contributed by atoms with Gasteiger partial charge in [-0.2, -0.15) is 0 Å². The number of rotatable bonds is 0. The minimum Gasteiger partial charge on any atom is -0.443 e. The summed E-state index contributed by atoms with van der Waals surface area (Å²) in [5.41, 5.74) is -0.458. The van der Waals surface area contributed by atoms with E-state index in [0.29, 0.717) is 4.60 Å². The van der Waals surface area contributed by atoms with Gasteiger partial charge in [0.25, 0.3) is 0 Å². The first kappa shape index (κ1) is 14.6. The lowest BCUT2D eigenvalue weighted by Crippen LogP contribution is -2.26. The van der Waals surface area contributed by atoms with Crippen molar-refractivity contribution in [2.24, 2.45) is 0 Å². The molecular weight excluding hydrogens is 296 g/mol. The molecular formula is C13H17BrN2O2. The summed E-state index contributed by atoms with van der Waals surface area (Å²) < 4.78 is 7.26. The van der Waals surface area contributed by atoms with Gasteiger partial charge in [0.2, 0.25) is 0 Å². The number of halogens is 1. The second-order valence-electron chi connectivity index (χ2n) is 4.57. The average Bonchev–Trinajstić information content (AvgIpc) is 2.86. The molecule has 0 radical (unpaired) electrons. The molecule has 2 rings (SSSR count). The predicted octanol–water partition coefficient (Wildman–Crippen LogP) is 4.05. The van der Waals surface area contributed by atoms with Crippen LogP contribution in [0, 0.1) is 0 Å². The second kappa shape index (κ2) is 6.44. The summed E-state index contributed by atoms with van der Waals surface area (Å²) in [7, 11) is 0. The normalized spacial score (nSPS) is 10.4. The van der Waals surface area contributed by atoms with Gasteiger partial charge in [0.1, 0.15) is 5.60 Å². The molecule has 4 nitrogen and oxygen atoms in total. The summed E-state index contributed by atoms with van der Waals surface area (Å²) in [6, 6.07) is 7.44. The van der Waals surface area contributed by atoms with Crippen LogP contribution in [0.5, 0.6) is 0 Å². The van der Waals surface area contributed by atoms with Gasteiger partial charge in [-0.25, -0.2) is 9.36 Å². The van der Waals surface area contributed by atoms with E-state index in [-0.39, 0.29) is 6.09 Å². The zero-order chi connectivity index (χ0) is 13.6. The molecule has 2 heterocycles. The summed E-state index contributed by atoms with van der Waals surface area (Å²) in [6.45, 7) is 5.51. The third-order valence-corrected chi connectivity index (χ3v) is 2.43. The number of nitrogens with zero attached hydrogens (tertiary/aromatic N) is 1. The first-order valence-electron chi connectivity index (χ1n) is 5.54. The van der Waals surface area contributed by atoms with Gasteiger partial charge in [-0.1, -0.05) is 0 Å². The number of hydrogen-bond donors (Lipinski definition) is 1. The zero-order valence-corrected chi connectivity index (χ0v) is 12.3. The van der Waals surface area contributed by atoms with Gasteiger partial charge in [-0.15, -0.1) is 0 Å². The number of nitrogens with one attached hydrogen (secondary N) is 1. The van der Waals surface area contributed by atoms with Crippen LogP contribution < -0.4 is 0 Å². The first-order chi connectivity index (χ1) is 8.40. The van der Waals surface area contributed by atoms with Crippen LogP contribution in [0.1, 0.15) is 20.8 Å². The largest absolute Gasteiger partial charge is 0.443 e. The SMILES string of the molecule is CC(C)(C)OC(=O)n1cccc1Br.c1cc[nH]c1. The Morgan fingerprint density at radius 2 is 1.89 bits per heavy atom. The third-order valence-electron chi connectivity index (χ3n) is 1.79. The van der Waals surface area contributed by atoms with Crippen molar-refractivity contribution in [2.75, 3.05) is 0 Å². The van der Waals surface area contributed by atoms with Crippen LogP contribution in [0.2, 0.25) is 0 Å².